The van der Waals surface area contributed by atoms with E-state index < -0.39 is 6.04 Å². The van der Waals surface area contributed by atoms with Crippen molar-refractivity contribution < 1.29 is 33.3 Å². The summed E-state index contributed by atoms with van der Waals surface area (Å²) in [5.41, 5.74) is 3.17. The van der Waals surface area contributed by atoms with Gasteiger partial charge in [0.15, 0.2) is 28.2 Å². The van der Waals surface area contributed by atoms with Gasteiger partial charge in [-0.1, -0.05) is 36.0 Å². The highest BCUT2D eigenvalue weighted by molar-refractivity contribution is 8.14. The molecule has 12 nitrogen and oxygen atoms in total. The fourth-order valence-electron chi connectivity index (χ4n) is 5.09. The minimum atomic E-state index is -0.913. The minimum absolute atomic E-state index is 0.0463. The quantitative estimate of drug-likeness (QED) is 0.330. The Morgan fingerprint density at radius 3 is 2.60 bits per heavy atom. The molecule has 0 aliphatic carbocycles. The van der Waals surface area contributed by atoms with Crippen molar-refractivity contribution in [2.75, 3.05) is 33.3 Å². The molecule has 45 heavy (non-hydrogen) atoms. The zero-order valence-electron chi connectivity index (χ0n) is 24.7. The van der Waals surface area contributed by atoms with Gasteiger partial charge in [0.2, 0.25) is 18.6 Å². The van der Waals surface area contributed by atoms with Gasteiger partial charge in [0.1, 0.15) is 11.9 Å². The predicted octanol–water partition coefficient (Wildman–Crippen LogP) is 3.19. The summed E-state index contributed by atoms with van der Waals surface area (Å²) in [6.45, 7) is 0.857. The molecule has 3 amide bonds. The van der Waals surface area contributed by atoms with Crippen molar-refractivity contribution in [1.82, 2.24) is 15.5 Å². The summed E-state index contributed by atoms with van der Waals surface area (Å²) in [5, 5.41) is 6.11. The summed E-state index contributed by atoms with van der Waals surface area (Å²) in [6.07, 6.45) is 0.477. The highest BCUT2D eigenvalue weighted by Gasteiger charge is 2.42. The Morgan fingerprint density at radius 1 is 0.956 bits per heavy atom. The molecule has 3 aliphatic rings. The molecular weight excluding hydrogens is 598 g/mol. The Bertz CT molecular complexity index is 1710. The Balaban J connectivity index is 1.06. The number of rotatable bonds is 11. The van der Waals surface area contributed by atoms with Crippen molar-refractivity contribution in [1.29, 1.82) is 0 Å². The molecule has 3 aliphatic heterocycles. The zero-order chi connectivity index (χ0) is 31.3. The van der Waals surface area contributed by atoms with Crippen molar-refractivity contribution in [2.45, 2.75) is 25.4 Å². The number of amidine groups is 2. The fraction of sp³-hybridized carbons (Fsp3) is 0.281. The third-order valence-corrected chi connectivity index (χ3v) is 8.31. The first kappa shape index (κ1) is 30.0. The highest BCUT2D eigenvalue weighted by Crippen LogP contribution is 2.35. The van der Waals surface area contributed by atoms with Crippen LogP contribution in [0, 0.1) is 0 Å². The SMILES string of the molecule is COc1ccc(CCNC(=O)CSC2=Nc3ccccc3C3=N[C@H](CC(=O)NCc4ccc5c(c4)OCO5)C(=O)N23)cc1OC. The van der Waals surface area contributed by atoms with E-state index in [-0.39, 0.29) is 43.2 Å². The van der Waals surface area contributed by atoms with Gasteiger partial charge in [-0.05, 0) is 53.9 Å². The zero-order valence-corrected chi connectivity index (χ0v) is 25.5. The maximum absolute atomic E-state index is 13.6. The lowest BCUT2D eigenvalue weighted by Gasteiger charge is -2.25. The van der Waals surface area contributed by atoms with Gasteiger partial charge in [-0.3, -0.25) is 19.4 Å². The van der Waals surface area contributed by atoms with Crippen LogP contribution >= 0.6 is 11.8 Å². The lowest BCUT2D eigenvalue weighted by molar-refractivity contribution is -0.128. The lowest BCUT2D eigenvalue weighted by atomic mass is 10.1. The first-order chi connectivity index (χ1) is 21.9. The van der Waals surface area contributed by atoms with Gasteiger partial charge in [0.25, 0.3) is 5.91 Å². The van der Waals surface area contributed by atoms with Crippen LogP contribution in [0.15, 0.2) is 70.6 Å². The number of aliphatic imine (C=N–C) groups is 2. The molecule has 0 bridgehead atoms. The van der Waals surface area contributed by atoms with E-state index in [9.17, 15) is 14.4 Å². The Hall–Kier alpha value is -5.04. The summed E-state index contributed by atoms with van der Waals surface area (Å²) < 4.78 is 21.4. The van der Waals surface area contributed by atoms with Crippen LogP contribution in [0.1, 0.15) is 23.1 Å². The minimum Gasteiger partial charge on any atom is -0.493 e. The van der Waals surface area contributed by atoms with E-state index in [0.29, 0.717) is 58.2 Å². The molecule has 6 rings (SSSR count). The Kier molecular flexibility index (Phi) is 8.87. The summed E-state index contributed by atoms with van der Waals surface area (Å²) in [5.74, 6) is 2.15. The van der Waals surface area contributed by atoms with E-state index in [0.717, 1.165) is 22.9 Å². The number of thioether (sulfide) groups is 1. The van der Waals surface area contributed by atoms with Gasteiger partial charge in [0.05, 0.1) is 32.1 Å². The van der Waals surface area contributed by atoms with Crippen molar-refractivity contribution >= 4 is 46.2 Å². The maximum Gasteiger partial charge on any atom is 0.259 e. The summed E-state index contributed by atoms with van der Waals surface area (Å²) in [4.78, 5) is 49.9. The second kappa shape index (κ2) is 13.3. The molecule has 13 heteroatoms. The number of para-hydroxylation sites is 1. The number of ether oxygens (including phenoxy) is 4. The van der Waals surface area contributed by atoms with E-state index in [1.54, 1.807) is 20.3 Å². The fourth-order valence-corrected chi connectivity index (χ4v) is 5.93. The van der Waals surface area contributed by atoms with Gasteiger partial charge in [-0.25, -0.2) is 9.89 Å². The van der Waals surface area contributed by atoms with Gasteiger partial charge >= 0.3 is 0 Å². The number of benzene rings is 3. The van der Waals surface area contributed by atoms with E-state index in [2.05, 4.69) is 20.6 Å². The third-order valence-electron chi connectivity index (χ3n) is 7.37. The average Bonchev–Trinajstić information content (AvgIpc) is 3.66. The predicted molar refractivity (Wildman–Crippen MR) is 168 cm³/mol. The van der Waals surface area contributed by atoms with Gasteiger partial charge in [-0.2, -0.15) is 0 Å². The van der Waals surface area contributed by atoms with Crippen molar-refractivity contribution in [3.63, 3.8) is 0 Å². The number of methoxy groups -OCH3 is 2. The van der Waals surface area contributed by atoms with Crippen LogP contribution in [0.3, 0.4) is 0 Å². The smallest absolute Gasteiger partial charge is 0.259 e. The van der Waals surface area contributed by atoms with E-state index >= 15 is 0 Å². The molecule has 2 N–H and O–H groups in total. The van der Waals surface area contributed by atoms with Crippen LogP contribution in [-0.4, -0.2) is 73.0 Å². The third kappa shape index (κ3) is 6.58. The molecule has 232 valence electrons. The molecule has 0 saturated heterocycles. The van der Waals surface area contributed by atoms with Crippen LogP contribution in [0.2, 0.25) is 0 Å². The molecule has 0 saturated carbocycles. The van der Waals surface area contributed by atoms with Crippen molar-refractivity contribution in [3.8, 4) is 23.0 Å². The molecular formula is C32H31N5O7S. The topological polar surface area (TPSA) is 140 Å². The number of carbonyl (C=O) groups is 3. The summed E-state index contributed by atoms with van der Waals surface area (Å²) >= 11 is 1.15. The van der Waals surface area contributed by atoms with Gasteiger partial charge in [-0.15, -0.1) is 0 Å². The first-order valence-corrected chi connectivity index (χ1v) is 15.3. The van der Waals surface area contributed by atoms with Crippen LogP contribution in [-0.2, 0) is 27.3 Å². The molecule has 1 atom stereocenters. The van der Waals surface area contributed by atoms with E-state index in [1.165, 1.54) is 4.90 Å². The summed E-state index contributed by atoms with van der Waals surface area (Å²) in [7, 11) is 3.16. The van der Waals surface area contributed by atoms with Crippen molar-refractivity contribution in [3.05, 3.63) is 77.4 Å². The Morgan fingerprint density at radius 2 is 1.76 bits per heavy atom. The molecule has 0 unspecified atom stereocenters. The number of hydrogen-bond donors (Lipinski definition) is 2. The molecule has 0 aromatic heterocycles. The number of fused-ring (bicyclic) bond motifs is 4. The molecule has 3 aromatic rings. The normalized spacial score (nSPS) is 15.9. The maximum atomic E-state index is 13.6. The molecule has 3 aromatic carbocycles. The number of amides is 3. The summed E-state index contributed by atoms with van der Waals surface area (Å²) in [6, 6.07) is 17.5. The average molecular weight is 630 g/mol. The monoisotopic (exact) mass is 629 g/mol. The van der Waals surface area contributed by atoms with E-state index in [1.807, 2.05) is 54.6 Å². The largest absolute Gasteiger partial charge is 0.493 e. The molecule has 0 spiro atoms. The van der Waals surface area contributed by atoms with Gasteiger partial charge in [0, 0.05) is 18.7 Å². The van der Waals surface area contributed by atoms with Crippen LogP contribution in [0.4, 0.5) is 5.69 Å². The van der Waals surface area contributed by atoms with Crippen LogP contribution in [0.25, 0.3) is 0 Å². The van der Waals surface area contributed by atoms with Gasteiger partial charge < -0.3 is 29.6 Å². The number of nitrogens with zero attached hydrogens (tertiary/aromatic N) is 3. The standard InChI is InChI=1S/C32H31N5O7S/c1-41-24-9-7-19(13-26(24)42-2)11-12-33-29(39)17-45-32-36-22-6-4-3-5-21(22)30-35-23(31(40)37(30)32)15-28(38)34-16-20-8-10-25-27(14-20)44-18-43-25/h3-10,13-14,23H,11-12,15-18H2,1-2H3,(H,33,39)(H,34,38)/t23-/m1/s1. The lowest BCUT2D eigenvalue weighted by Crippen LogP contribution is -2.42. The second-order valence-electron chi connectivity index (χ2n) is 10.3. The number of nitrogens with one attached hydrogen (secondary N) is 2. The molecule has 0 fully saturated rings. The Labute approximate surface area is 263 Å². The molecule has 3 heterocycles. The molecule has 0 radical (unpaired) electrons. The number of carbonyl (C=O) groups excluding carboxylic acids is 3. The van der Waals surface area contributed by atoms with Crippen LogP contribution in [0.5, 0.6) is 23.0 Å². The second-order valence-corrected chi connectivity index (χ2v) is 11.2. The van der Waals surface area contributed by atoms with Crippen LogP contribution < -0.4 is 29.6 Å². The first-order valence-electron chi connectivity index (χ1n) is 14.3. The highest BCUT2D eigenvalue weighted by atomic mass is 32.2. The van der Waals surface area contributed by atoms with E-state index in [4.69, 9.17) is 18.9 Å². The van der Waals surface area contributed by atoms with Crippen molar-refractivity contribution in [2.24, 2.45) is 9.98 Å². The number of hydrogen-bond acceptors (Lipinski definition) is 10.